The van der Waals surface area contributed by atoms with Crippen molar-refractivity contribution in [3.8, 4) is 17.2 Å². The van der Waals surface area contributed by atoms with Crippen LogP contribution in [0.4, 0.5) is 11.4 Å². The molecule has 4 aromatic carbocycles. The Morgan fingerprint density at radius 2 is 1.56 bits per heavy atom. The van der Waals surface area contributed by atoms with Gasteiger partial charge < -0.3 is 63.5 Å². The number of morpholine rings is 1. The standard InChI is InChI=1S/C61H73N5O16/c1-32-11-10-12-33(2)60(75)63-51-55(73)47-46(48-57(37(6)54(47)72)82-61(8,59(48)74)79-24-17-42(76-9)34(3)56(80-38(7)67)36(5)53(71)35(4)52(32)70)50-58(51)81-44-28-41(66-20-18-64(19-21-66)30-45(68)69)27-43(49(44)62-50)78-31-40-15-13-39(14-16-40)29-65-22-25-77-26-23-65/h10-17,24,27-28,32,34-36,42,52-53,56,70-71,73H,18-23,25-26,29-31H2,1-9H3,(H,63,75)(H,68,69)/b11-10+,24-17+,33-12-/t32-,34+,35+,36+,42-,52-,53+,56+,61-/m0/s1. The SMILES string of the molecule is CO[C@H]1/C=C/O[C@@]2(C)Oc3c(C)c(=O)c4c(O)c(c5oc6cc(N7CCN(CC(=O)O)CC7)cc(OCc7ccc(CN8CCOCC8)cc7)c6nc5c4c3C2=O)NC(=O)/C(C)=C\C=C\[C@H](C)[C@H](O)[C@@H](C)[C@@H](O)[C@@H](C)[C@H](OC(C)=O)[C@@H]1C. The van der Waals surface area contributed by atoms with E-state index in [2.05, 4.69) is 15.1 Å². The zero-order valence-corrected chi connectivity index (χ0v) is 47.7. The van der Waals surface area contributed by atoms with E-state index < -0.39 is 88.7 Å². The second-order valence-corrected chi connectivity index (χ2v) is 22.2. The van der Waals surface area contributed by atoms with Crippen molar-refractivity contribution in [1.29, 1.82) is 0 Å². The number of aliphatic hydroxyl groups excluding tert-OH is 2. The summed E-state index contributed by atoms with van der Waals surface area (Å²) in [5, 5.41) is 47.6. The summed E-state index contributed by atoms with van der Waals surface area (Å²) in [6.07, 6.45) is 3.40. The van der Waals surface area contributed by atoms with Gasteiger partial charge in [-0.3, -0.25) is 33.8 Å². The minimum atomic E-state index is -2.13. The van der Waals surface area contributed by atoms with E-state index in [0.717, 1.165) is 30.8 Å². The quantitative estimate of drug-likeness (QED) is 0.0426. The molecule has 9 rings (SSSR count). The summed E-state index contributed by atoms with van der Waals surface area (Å²) in [6.45, 7) is 18.1. The number of hydrogen-bond acceptors (Lipinski definition) is 19. The maximum Gasteiger partial charge on any atom is 0.317 e. The minimum Gasteiger partial charge on any atom is -0.505 e. The van der Waals surface area contributed by atoms with Gasteiger partial charge >= 0.3 is 17.7 Å². The summed E-state index contributed by atoms with van der Waals surface area (Å²) in [7, 11) is 1.44. The third-order valence-electron chi connectivity index (χ3n) is 16.4. The molecule has 438 valence electrons. The Morgan fingerprint density at radius 1 is 0.866 bits per heavy atom. The predicted octanol–water partition coefficient (Wildman–Crippen LogP) is 6.62. The molecule has 4 aliphatic rings. The molecule has 82 heavy (non-hydrogen) atoms. The van der Waals surface area contributed by atoms with E-state index in [4.69, 9.17) is 37.8 Å². The first kappa shape index (κ1) is 59.2. The first-order valence-corrected chi connectivity index (χ1v) is 27.7. The molecule has 4 bridgehead atoms. The number of Topliss-reactive ketones (excluding diaryl/α,β-unsaturated/α-hetero) is 1. The lowest BCUT2D eigenvalue weighted by Gasteiger charge is -2.38. The number of benzene rings is 4. The number of anilines is 2. The van der Waals surface area contributed by atoms with Crippen LogP contribution in [0.2, 0.25) is 0 Å². The summed E-state index contributed by atoms with van der Waals surface area (Å²) in [5.41, 5.74) is 1.45. The predicted molar refractivity (Wildman–Crippen MR) is 305 cm³/mol. The Morgan fingerprint density at radius 3 is 2.23 bits per heavy atom. The lowest BCUT2D eigenvalue weighted by atomic mass is 9.78. The van der Waals surface area contributed by atoms with Crippen LogP contribution < -0.4 is 25.1 Å². The number of rotatable bonds is 10. The molecule has 4 aliphatic heterocycles. The number of amides is 1. The second-order valence-electron chi connectivity index (χ2n) is 22.2. The van der Waals surface area contributed by atoms with E-state index in [9.17, 15) is 39.6 Å². The monoisotopic (exact) mass is 1130 g/mol. The van der Waals surface area contributed by atoms with Crippen LogP contribution >= 0.6 is 0 Å². The number of methoxy groups -OCH3 is 1. The molecule has 21 heteroatoms. The molecule has 2 saturated heterocycles. The van der Waals surface area contributed by atoms with Crippen LogP contribution in [-0.2, 0) is 46.5 Å². The maximum atomic E-state index is 15.2. The van der Waals surface area contributed by atoms with Gasteiger partial charge in [0, 0.05) is 125 Å². The van der Waals surface area contributed by atoms with Crippen molar-refractivity contribution in [3.05, 3.63) is 105 Å². The highest BCUT2D eigenvalue weighted by atomic mass is 16.7. The average molecular weight is 1130 g/mol. The van der Waals surface area contributed by atoms with Gasteiger partial charge in [0.25, 0.3) is 11.7 Å². The molecule has 5 N–H and O–H groups in total. The van der Waals surface area contributed by atoms with Crippen LogP contribution in [0.25, 0.3) is 33.0 Å². The van der Waals surface area contributed by atoms with Crippen LogP contribution in [0.3, 0.4) is 0 Å². The van der Waals surface area contributed by atoms with Crippen LogP contribution in [0.1, 0.15) is 75.5 Å². The van der Waals surface area contributed by atoms with Gasteiger partial charge in [0.05, 0.1) is 55.3 Å². The number of piperazine rings is 1. The van der Waals surface area contributed by atoms with Gasteiger partial charge in [0.1, 0.15) is 35.2 Å². The maximum absolute atomic E-state index is 15.2. The third-order valence-corrected chi connectivity index (χ3v) is 16.4. The van der Waals surface area contributed by atoms with Crippen molar-refractivity contribution in [2.24, 2.45) is 23.7 Å². The molecular weight excluding hydrogens is 1060 g/mol. The first-order valence-electron chi connectivity index (χ1n) is 27.7. The highest BCUT2D eigenvalue weighted by molar-refractivity contribution is 6.26. The normalized spacial score (nSPS) is 27.6. The lowest BCUT2D eigenvalue weighted by molar-refractivity contribution is -0.160. The average Bonchev–Trinajstić information content (AvgIpc) is 3.94. The van der Waals surface area contributed by atoms with Gasteiger partial charge in [-0.1, -0.05) is 70.2 Å². The second kappa shape index (κ2) is 24.6. The minimum absolute atomic E-state index is 0.0534. The van der Waals surface area contributed by atoms with Crippen molar-refractivity contribution >= 4 is 68.0 Å². The van der Waals surface area contributed by atoms with Crippen LogP contribution in [0.15, 0.2) is 81.7 Å². The molecule has 0 unspecified atom stereocenters. The van der Waals surface area contributed by atoms with Gasteiger partial charge in [-0.15, -0.1) is 0 Å². The molecule has 5 aromatic rings. The molecule has 5 heterocycles. The molecule has 0 radical (unpaired) electrons. The number of fused-ring (bicyclic) bond motifs is 2. The van der Waals surface area contributed by atoms with Crippen molar-refractivity contribution in [2.75, 3.05) is 76.4 Å². The number of carboxylic acids is 1. The smallest absolute Gasteiger partial charge is 0.317 e. The number of phenols is 1. The number of allylic oxidation sites excluding steroid dienone is 2. The van der Waals surface area contributed by atoms with Crippen molar-refractivity contribution in [1.82, 2.24) is 14.8 Å². The van der Waals surface area contributed by atoms with E-state index >= 15 is 4.79 Å². The summed E-state index contributed by atoms with van der Waals surface area (Å²) in [6, 6.07) is 11.6. The van der Waals surface area contributed by atoms with Gasteiger partial charge in [-0.25, -0.2) is 4.98 Å². The van der Waals surface area contributed by atoms with Crippen LogP contribution in [-0.4, -0.2) is 155 Å². The third kappa shape index (κ3) is 12.1. The number of hydrogen-bond donors (Lipinski definition) is 5. The molecule has 0 spiro atoms. The Labute approximate surface area is 474 Å². The van der Waals surface area contributed by atoms with Gasteiger partial charge in [0.2, 0.25) is 0 Å². The molecule has 21 nitrogen and oxygen atoms in total. The largest absolute Gasteiger partial charge is 0.505 e. The number of aromatic nitrogens is 1. The number of ether oxygens (including phenoxy) is 6. The van der Waals surface area contributed by atoms with Crippen molar-refractivity contribution in [2.45, 2.75) is 98.7 Å². The Hall–Kier alpha value is -7.40. The van der Waals surface area contributed by atoms with E-state index in [1.54, 1.807) is 52.0 Å². The Kier molecular flexibility index (Phi) is 17.8. The fourth-order valence-electron chi connectivity index (χ4n) is 11.4. The van der Waals surface area contributed by atoms with Crippen LogP contribution in [0.5, 0.6) is 17.2 Å². The Bertz CT molecular complexity index is 3420. The number of carbonyl (C=O) groups is 4. The lowest BCUT2D eigenvalue weighted by Crippen LogP contribution is -2.48. The van der Waals surface area contributed by atoms with Crippen molar-refractivity contribution < 1.29 is 72.4 Å². The molecule has 1 aromatic heterocycles. The van der Waals surface area contributed by atoms with Crippen molar-refractivity contribution in [3.63, 3.8) is 0 Å². The number of nitrogens with zero attached hydrogens (tertiary/aromatic N) is 4. The van der Waals surface area contributed by atoms with Crippen LogP contribution in [0, 0.1) is 30.6 Å². The fourth-order valence-corrected chi connectivity index (χ4v) is 11.4. The number of carbonyl (C=O) groups excluding carboxylic acids is 3. The summed E-state index contributed by atoms with van der Waals surface area (Å²) >= 11 is 0. The summed E-state index contributed by atoms with van der Waals surface area (Å²) < 4.78 is 43.3. The number of nitrogens with one attached hydrogen (secondary N) is 1. The highest BCUT2D eigenvalue weighted by Gasteiger charge is 2.50. The summed E-state index contributed by atoms with van der Waals surface area (Å²) in [4.78, 5) is 80.0. The first-order chi connectivity index (χ1) is 39.1. The van der Waals surface area contributed by atoms with E-state index in [1.807, 2.05) is 29.2 Å². The number of esters is 1. The molecule has 0 saturated carbocycles. The molecule has 9 atom stereocenters. The van der Waals surface area contributed by atoms with Gasteiger partial charge in [0.15, 0.2) is 28.1 Å². The highest BCUT2D eigenvalue weighted by Crippen LogP contribution is 2.49. The van der Waals surface area contributed by atoms with Gasteiger partial charge in [-0.2, -0.15) is 0 Å². The number of phenolic OH excluding ortho intramolecular Hbond substituents is 1. The van der Waals surface area contributed by atoms with Gasteiger partial charge in [-0.05, 0) is 31.1 Å². The zero-order chi connectivity index (χ0) is 58.9. The molecule has 1 amide bonds. The van der Waals surface area contributed by atoms with E-state index in [1.165, 1.54) is 53.2 Å². The zero-order valence-electron chi connectivity index (χ0n) is 47.7. The number of aliphatic hydroxyl groups is 2. The molecular formula is C61H73N5O16. The number of aromatic hydroxyl groups is 1. The molecule has 2 fully saturated rings. The fraction of sp³-hybridized carbons (Fsp3) is 0.475. The Balaban J connectivity index is 1.22. The molecule has 0 aliphatic carbocycles. The summed E-state index contributed by atoms with van der Waals surface area (Å²) in [5.74, 6) is -8.41. The number of aliphatic carboxylic acids is 1. The van der Waals surface area contributed by atoms with E-state index in [-0.39, 0.29) is 80.0 Å². The van der Waals surface area contributed by atoms with E-state index in [0.29, 0.717) is 45.1 Å². The number of ketones is 1. The topological polar surface area (TPSA) is 269 Å². The number of carboxylic acid groups (broad SMARTS) is 1.